The lowest BCUT2D eigenvalue weighted by molar-refractivity contribution is 0.0600. The first kappa shape index (κ1) is 14.9. The molecule has 1 amide bonds. The Balaban J connectivity index is 1.97. The standard InChI is InChI=1S/C14H12ClN3O3/c1-21-14(20)10-4-2-9(3-5-10)13(19)18-7-11-6-17-12(15)8-16-11/h2-6,8H,7H2,1H3,(H,18,19). The molecule has 1 aromatic carbocycles. The summed E-state index contributed by atoms with van der Waals surface area (Å²) in [5.74, 6) is -0.721. The third-order valence-corrected chi connectivity index (χ3v) is 2.87. The number of methoxy groups -OCH3 is 1. The van der Waals surface area contributed by atoms with E-state index in [-0.39, 0.29) is 12.5 Å². The molecule has 0 bridgehead atoms. The number of carbonyl (C=O) groups is 2. The van der Waals surface area contributed by atoms with Crippen molar-refractivity contribution in [3.63, 3.8) is 0 Å². The van der Waals surface area contributed by atoms with Gasteiger partial charge >= 0.3 is 5.97 Å². The van der Waals surface area contributed by atoms with E-state index in [0.717, 1.165) is 0 Å². The molecule has 0 fully saturated rings. The maximum absolute atomic E-state index is 11.9. The van der Waals surface area contributed by atoms with Gasteiger partial charge < -0.3 is 10.1 Å². The highest BCUT2D eigenvalue weighted by atomic mass is 35.5. The van der Waals surface area contributed by atoms with Crippen LogP contribution in [-0.2, 0) is 11.3 Å². The molecule has 0 saturated carbocycles. The number of aromatic nitrogens is 2. The molecule has 6 nitrogen and oxygen atoms in total. The Hall–Kier alpha value is -2.47. The molecule has 0 atom stereocenters. The predicted molar refractivity (Wildman–Crippen MR) is 76.0 cm³/mol. The average molecular weight is 306 g/mol. The number of halogens is 1. The van der Waals surface area contributed by atoms with Gasteiger partial charge in [0.15, 0.2) is 0 Å². The first-order valence-corrected chi connectivity index (χ1v) is 6.41. The molecule has 2 aromatic rings. The largest absolute Gasteiger partial charge is 0.465 e. The summed E-state index contributed by atoms with van der Waals surface area (Å²) >= 11 is 5.62. The first-order valence-electron chi connectivity index (χ1n) is 6.03. The van der Waals surface area contributed by atoms with E-state index >= 15 is 0 Å². The van der Waals surface area contributed by atoms with E-state index in [9.17, 15) is 9.59 Å². The van der Waals surface area contributed by atoms with Crippen molar-refractivity contribution in [1.29, 1.82) is 0 Å². The van der Waals surface area contributed by atoms with Crippen LogP contribution < -0.4 is 5.32 Å². The Morgan fingerprint density at radius 2 is 1.81 bits per heavy atom. The second kappa shape index (κ2) is 6.81. The first-order chi connectivity index (χ1) is 10.1. The van der Waals surface area contributed by atoms with Gasteiger partial charge in [-0.05, 0) is 24.3 Å². The van der Waals surface area contributed by atoms with E-state index in [1.165, 1.54) is 31.6 Å². The van der Waals surface area contributed by atoms with Crippen LogP contribution in [0.4, 0.5) is 0 Å². The SMILES string of the molecule is COC(=O)c1ccc(C(=O)NCc2cnc(Cl)cn2)cc1. The molecule has 0 saturated heterocycles. The molecule has 1 aromatic heterocycles. The number of amides is 1. The number of nitrogens with one attached hydrogen (secondary N) is 1. The Morgan fingerprint density at radius 1 is 1.14 bits per heavy atom. The number of benzene rings is 1. The smallest absolute Gasteiger partial charge is 0.337 e. The van der Waals surface area contributed by atoms with E-state index in [2.05, 4.69) is 20.0 Å². The molecule has 0 radical (unpaired) electrons. The van der Waals surface area contributed by atoms with Gasteiger partial charge in [-0.25, -0.2) is 9.78 Å². The van der Waals surface area contributed by atoms with Gasteiger partial charge in [-0.3, -0.25) is 9.78 Å². The minimum absolute atomic E-state index is 0.238. The normalized spacial score (nSPS) is 10.0. The maximum Gasteiger partial charge on any atom is 0.337 e. The summed E-state index contributed by atoms with van der Waals surface area (Å²) in [6, 6.07) is 6.16. The fraction of sp³-hybridized carbons (Fsp3) is 0.143. The Bertz CT molecular complexity index is 642. The highest BCUT2D eigenvalue weighted by molar-refractivity contribution is 6.29. The van der Waals surface area contributed by atoms with Gasteiger partial charge in [0.2, 0.25) is 0 Å². The highest BCUT2D eigenvalue weighted by Crippen LogP contribution is 2.06. The third kappa shape index (κ3) is 4.00. The quantitative estimate of drug-likeness (QED) is 0.872. The number of carbonyl (C=O) groups excluding carboxylic acids is 2. The minimum atomic E-state index is -0.446. The molecule has 2 rings (SSSR count). The lowest BCUT2D eigenvalue weighted by Gasteiger charge is -2.05. The number of hydrogen-bond donors (Lipinski definition) is 1. The molecule has 0 aliphatic heterocycles. The van der Waals surface area contributed by atoms with Crippen molar-refractivity contribution in [3.8, 4) is 0 Å². The number of hydrogen-bond acceptors (Lipinski definition) is 5. The molecule has 7 heteroatoms. The number of ether oxygens (including phenoxy) is 1. The van der Waals surface area contributed by atoms with Crippen molar-refractivity contribution in [1.82, 2.24) is 15.3 Å². The van der Waals surface area contributed by atoms with Crippen molar-refractivity contribution in [2.45, 2.75) is 6.54 Å². The second-order valence-corrected chi connectivity index (χ2v) is 4.47. The summed E-state index contributed by atoms with van der Waals surface area (Å²) in [6.07, 6.45) is 2.90. The summed E-state index contributed by atoms with van der Waals surface area (Å²) in [6.45, 7) is 0.238. The summed E-state index contributed by atoms with van der Waals surface area (Å²) in [5.41, 5.74) is 1.42. The number of rotatable bonds is 4. The zero-order valence-corrected chi connectivity index (χ0v) is 11.9. The van der Waals surface area contributed by atoms with Crippen LogP contribution in [0.2, 0.25) is 5.15 Å². The lowest BCUT2D eigenvalue weighted by atomic mass is 10.1. The predicted octanol–water partition coefficient (Wildman–Crippen LogP) is 1.85. The molecule has 0 aliphatic rings. The summed E-state index contributed by atoms with van der Waals surface area (Å²) < 4.78 is 4.59. The highest BCUT2D eigenvalue weighted by Gasteiger charge is 2.09. The van der Waals surface area contributed by atoms with Crippen molar-refractivity contribution < 1.29 is 14.3 Å². The van der Waals surface area contributed by atoms with Crippen LogP contribution in [0.5, 0.6) is 0 Å². The van der Waals surface area contributed by atoms with Crippen molar-refractivity contribution >= 4 is 23.5 Å². The monoisotopic (exact) mass is 305 g/mol. The zero-order chi connectivity index (χ0) is 15.2. The van der Waals surface area contributed by atoms with Gasteiger partial charge in [0.05, 0.1) is 37.3 Å². The van der Waals surface area contributed by atoms with Crippen molar-refractivity contribution in [2.75, 3.05) is 7.11 Å². The zero-order valence-electron chi connectivity index (χ0n) is 11.2. The summed E-state index contributed by atoms with van der Waals surface area (Å²) in [4.78, 5) is 31.1. The second-order valence-electron chi connectivity index (χ2n) is 4.08. The van der Waals surface area contributed by atoms with Gasteiger partial charge in [-0.1, -0.05) is 11.6 Å². The van der Waals surface area contributed by atoms with Gasteiger partial charge in [-0.2, -0.15) is 0 Å². The van der Waals surface area contributed by atoms with Crippen LogP contribution in [0.15, 0.2) is 36.7 Å². The Kier molecular flexibility index (Phi) is 4.84. The van der Waals surface area contributed by atoms with Gasteiger partial charge in [0.25, 0.3) is 5.91 Å². The molecule has 0 spiro atoms. The number of esters is 1. The Labute approximate surface area is 126 Å². The summed E-state index contributed by atoms with van der Waals surface area (Å²) in [5, 5.41) is 2.99. The van der Waals surface area contributed by atoms with E-state index in [0.29, 0.717) is 22.0 Å². The molecule has 0 unspecified atom stereocenters. The van der Waals surface area contributed by atoms with Crippen LogP contribution in [-0.4, -0.2) is 29.0 Å². The molecular weight excluding hydrogens is 294 g/mol. The summed E-state index contributed by atoms with van der Waals surface area (Å²) in [7, 11) is 1.30. The van der Waals surface area contributed by atoms with Gasteiger partial charge in [0, 0.05) is 5.56 Å². The molecule has 0 aliphatic carbocycles. The Morgan fingerprint density at radius 3 is 2.38 bits per heavy atom. The van der Waals surface area contributed by atoms with Gasteiger partial charge in [0.1, 0.15) is 5.15 Å². The molecule has 1 heterocycles. The third-order valence-electron chi connectivity index (χ3n) is 2.67. The van der Waals surface area contributed by atoms with Gasteiger partial charge in [-0.15, -0.1) is 0 Å². The molecule has 1 N–H and O–H groups in total. The number of nitrogens with zero attached hydrogens (tertiary/aromatic N) is 2. The maximum atomic E-state index is 11.9. The molecule has 108 valence electrons. The van der Waals surface area contributed by atoms with E-state index < -0.39 is 5.97 Å². The molecular formula is C14H12ClN3O3. The fourth-order valence-electron chi connectivity index (χ4n) is 1.58. The minimum Gasteiger partial charge on any atom is -0.465 e. The van der Waals surface area contributed by atoms with E-state index in [1.807, 2.05) is 0 Å². The lowest BCUT2D eigenvalue weighted by Crippen LogP contribution is -2.23. The van der Waals surface area contributed by atoms with Crippen LogP contribution in [0.3, 0.4) is 0 Å². The topological polar surface area (TPSA) is 81.2 Å². The van der Waals surface area contributed by atoms with Crippen LogP contribution in [0.25, 0.3) is 0 Å². The van der Waals surface area contributed by atoms with Crippen LogP contribution in [0, 0.1) is 0 Å². The van der Waals surface area contributed by atoms with E-state index in [4.69, 9.17) is 11.6 Å². The van der Waals surface area contributed by atoms with E-state index in [1.54, 1.807) is 12.1 Å². The van der Waals surface area contributed by atoms with Crippen LogP contribution in [0.1, 0.15) is 26.4 Å². The van der Waals surface area contributed by atoms with Crippen molar-refractivity contribution in [2.24, 2.45) is 0 Å². The van der Waals surface area contributed by atoms with Crippen molar-refractivity contribution in [3.05, 3.63) is 58.6 Å². The fourth-order valence-corrected chi connectivity index (χ4v) is 1.68. The van der Waals surface area contributed by atoms with Crippen LogP contribution >= 0.6 is 11.6 Å². The molecule has 21 heavy (non-hydrogen) atoms. The average Bonchev–Trinajstić information content (AvgIpc) is 2.53.